The molecule has 0 radical (unpaired) electrons. The molecule has 1 aromatic carbocycles. The molecule has 1 saturated carbocycles. The maximum absolute atomic E-state index is 13.2. The van der Waals surface area contributed by atoms with E-state index >= 15 is 0 Å². The number of nitrogens with zero attached hydrogens (tertiary/aromatic N) is 4. The molecule has 0 unspecified atom stereocenters. The van der Waals surface area contributed by atoms with E-state index in [1.165, 1.54) is 42.5 Å². The number of anilines is 1. The number of nitro benzene ring substituents is 1. The van der Waals surface area contributed by atoms with Crippen LogP contribution in [-0.4, -0.2) is 91.1 Å². The highest BCUT2D eigenvalue weighted by Gasteiger charge is 2.39. The minimum Gasteiger partial charge on any atom is -0.382 e. The van der Waals surface area contributed by atoms with Gasteiger partial charge in [0.2, 0.25) is 10.0 Å². The fourth-order valence-corrected chi connectivity index (χ4v) is 7.21. The molecule has 0 bridgehead atoms. The zero-order valence-electron chi connectivity index (χ0n) is 21.0. The molecule has 13 heteroatoms. The van der Waals surface area contributed by atoms with Crippen molar-refractivity contribution < 1.29 is 26.5 Å². The van der Waals surface area contributed by atoms with Gasteiger partial charge in [-0.3, -0.25) is 19.9 Å². The van der Waals surface area contributed by atoms with Crippen LogP contribution in [0.4, 0.5) is 24.5 Å². The van der Waals surface area contributed by atoms with Crippen LogP contribution < -0.4 is 5.32 Å². The van der Waals surface area contributed by atoms with Gasteiger partial charge in [-0.15, -0.1) is 0 Å². The average Bonchev–Trinajstić information content (AvgIpc) is 2.88. The maximum atomic E-state index is 13.2. The fourth-order valence-electron chi connectivity index (χ4n) is 5.70. The molecule has 0 spiro atoms. The Morgan fingerprint density at radius 1 is 0.973 bits per heavy atom. The van der Waals surface area contributed by atoms with Crippen molar-refractivity contribution in [2.24, 2.45) is 0 Å². The Hall–Kier alpha value is -1.96. The first-order chi connectivity index (χ1) is 17.5. The first-order valence-corrected chi connectivity index (χ1v) is 14.7. The lowest BCUT2D eigenvalue weighted by Crippen LogP contribution is -2.52. The van der Waals surface area contributed by atoms with Gasteiger partial charge in [0.05, 0.1) is 10.7 Å². The number of sulfonamides is 1. The van der Waals surface area contributed by atoms with Crippen LogP contribution in [0.5, 0.6) is 0 Å². The molecule has 2 heterocycles. The highest BCUT2D eigenvalue weighted by molar-refractivity contribution is 7.89. The third-order valence-corrected chi connectivity index (χ3v) is 9.73. The molecular weight excluding hydrogens is 511 g/mol. The lowest BCUT2D eigenvalue weighted by molar-refractivity contribution is -0.388. The Morgan fingerprint density at radius 3 is 2.22 bits per heavy atom. The summed E-state index contributed by atoms with van der Waals surface area (Å²) in [5.74, 6) is 0.0613. The minimum absolute atomic E-state index is 0.0613. The zero-order valence-corrected chi connectivity index (χ0v) is 21.8. The van der Waals surface area contributed by atoms with Gasteiger partial charge in [0.25, 0.3) is 5.69 Å². The van der Waals surface area contributed by atoms with E-state index < -0.39 is 32.4 Å². The summed E-state index contributed by atoms with van der Waals surface area (Å²) in [5.41, 5.74) is -2.16. The van der Waals surface area contributed by atoms with Gasteiger partial charge in [-0.25, -0.2) is 12.7 Å². The van der Waals surface area contributed by atoms with E-state index in [0.29, 0.717) is 25.4 Å². The van der Waals surface area contributed by atoms with Crippen LogP contribution in [0, 0.1) is 10.1 Å². The predicted octanol–water partition coefficient (Wildman–Crippen LogP) is 3.77. The monoisotopic (exact) mass is 547 g/mol. The summed E-state index contributed by atoms with van der Waals surface area (Å²) in [7, 11) is -3.43. The molecular formula is C24H36F3N5O4S. The van der Waals surface area contributed by atoms with Crippen LogP contribution in [0.3, 0.4) is 0 Å². The smallest absolute Gasteiger partial charge is 0.382 e. The summed E-state index contributed by atoms with van der Waals surface area (Å²) in [6.07, 6.45) is 2.52. The van der Waals surface area contributed by atoms with Gasteiger partial charge < -0.3 is 5.32 Å². The molecule has 9 nitrogen and oxygen atoms in total. The van der Waals surface area contributed by atoms with Crippen LogP contribution in [0.15, 0.2) is 18.2 Å². The molecule has 4 rings (SSSR count). The molecule has 1 N–H and O–H groups in total. The average molecular weight is 548 g/mol. The van der Waals surface area contributed by atoms with E-state index in [1.54, 1.807) is 0 Å². The molecule has 2 saturated heterocycles. The lowest BCUT2D eigenvalue weighted by atomic mass is 9.94. The second kappa shape index (κ2) is 11.8. The van der Waals surface area contributed by atoms with Gasteiger partial charge in [-0.1, -0.05) is 19.3 Å². The van der Waals surface area contributed by atoms with Crippen molar-refractivity contribution >= 4 is 21.4 Å². The fraction of sp³-hybridized carbons (Fsp3) is 0.750. The predicted molar refractivity (Wildman–Crippen MR) is 135 cm³/mol. The van der Waals surface area contributed by atoms with Gasteiger partial charge in [0, 0.05) is 69.7 Å². The van der Waals surface area contributed by atoms with E-state index in [1.807, 2.05) is 0 Å². The van der Waals surface area contributed by atoms with E-state index in [2.05, 4.69) is 15.1 Å². The normalized spacial score (nSPS) is 22.2. The standard InChI is InChI=1S/C24H36F3N5O4S/c25-24(26,27)22-18-20(6-7-23(22)32(33)34)28-19-8-10-31(11-9-19)37(35,36)17-16-29-12-14-30(15-13-29)21-4-2-1-3-5-21/h6-7,18-19,21,28H,1-5,8-17H2. The zero-order chi connectivity index (χ0) is 26.6. The van der Waals surface area contributed by atoms with Crippen LogP contribution in [0.25, 0.3) is 0 Å². The number of hydrogen-bond donors (Lipinski definition) is 1. The first kappa shape index (κ1) is 28.1. The molecule has 208 valence electrons. The van der Waals surface area contributed by atoms with Gasteiger partial charge in [-0.2, -0.15) is 13.2 Å². The van der Waals surface area contributed by atoms with E-state index in [0.717, 1.165) is 38.3 Å². The highest BCUT2D eigenvalue weighted by atomic mass is 32.2. The van der Waals surface area contributed by atoms with Crippen LogP contribution in [0.1, 0.15) is 50.5 Å². The van der Waals surface area contributed by atoms with Gasteiger partial charge in [0.15, 0.2) is 0 Å². The van der Waals surface area contributed by atoms with Crippen LogP contribution in [-0.2, 0) is 16.2 Å². The van der Waals surface area contributed by atoms with Crippen molar-refractivity contribution in [1.82, 2.24) is 14.1 Å². The highest BCUT2D eigenvalue weighted by Crippen LogP contribution is 2.38. The Labute approximate surface area is 216 Å². The first-order valence-electron chi connectivity index (χ1n) is 13.1. The second-order valence-corrected chi connectivity index (χ2v) is 12.4. The van der Waals surface area contributed by atoms with E-state index in [4.69, 9.17) is 0 Å². The van der Waals surface area contributed by atoms with E-state index in [-0.39, 0.29) is 30.6 Å². The quantitative estimate of drug-likeness (QED) is 0.391. The Bertz CT molecular complexity index is 1030. The number of nitro groups is 1. The summed E-state index contributed by atoms with van der Waals surface area (Å²) < 4.78 is 67.1. The van der Waals surface area contributed by atoms with Crippen molar-refractivity contribution in [3.63, 3.8) is 0 Å². The number of halogens is 3. The summed E-state index contributed by atoms with van der Waals surface area (Å²) in [6.45, 7) is 4.81. The number of alkyl halides is 3. The number of piperidine rings is 1. The summed E-state index contributed by atoms with van der Waals surface area (Å²) in [4.78, 5) is 14.7. The minimum atomic E-state index is -4.85. The molecule has 1 aliphatic carbocycles. The molecule has 3 fully saturated rings. The SMILES string of the molecule is O=[N+]([O-])c1ccc(NC2CCN(S(=O)(=O)CCN3CCN(C4CCCCC4)CC3)CC2)cc1C(F)(F)F. The van der Waals surface area contributed by atoms with Gasteiger partial charge in [0.1, 0.15) is 5.56 Å². The lowest BCUT2D eigenvalue weighted by Gasteiger charge is -2.41. The number of piperazine rings is 1. The molecule has 0 atom stereocenters. The van der Waals surface area contributed by atoms with Crippen molar-refractivity contribution in [1.29, 1.82) is 0 Å². The van der Waals surface area contributed by atoms with E-state index in [9.17, 15) is 31.7 Å². The van der Waals surface area contributed by atoms with Crippen molar-refractivity contribution in [2.75, 3.05) is 56.9 Å². The summed E-state index contributed by atoms with van der Waals surface area (Å²) >= 11 is 0. The Kier molecular flexibility index (Phi) is 8.97. The Morgan fingerprint density at radius 2 is 1.62 bits per heavy atom. The van der Waals surface area contributed by atoms with Gasteiger partial charge in [-0.05, 0) is 37.8 Å². The second-order valence-electron chi connectivity index (χ2n) is 10.3. The largest absolute Gasteiger partial charge is 0.423 e. The van der Waals surface area contributed by atoms with Gasteiger partial charge >= 0.3 is 6.18 Å². The molecule has 1 aromatic rings. The maximum Gasteiger partial charge on any atom is 0.423 e. The summed E-state index contributed by atoms with van der Waals surface area (Å²) in [5, 5.41) is 13.9. The number of rotatable bonds is 8. The topological polar surface area (TPSA) is 99.0 Å². The summed E-state index contributed by atoms with van der Waals surface area (Å²) in [6, 6.07) is 3.31. The number of nitrogens with one attached hydrogen (secondary N) is 1. The third kappa shape index (κ3) is 7.33. The number of benzene rings is 1. The Balaban J connectivity index is 1.23. The van der Waals surface area contributed by atoms with Crippen molar-refractivity contribution in [3.05, 3.63) is 33.9 Å². The van der Waals surface area contributed by atoms with Crippen molar-refractivity contribution in [3.8, 4) is 0 Å². The van der Waals surface area contributed by atoms with Crippen LogP contribution >= 0.6 is 0 Å². The molecule has 2 aliphatic heterocycles. The van der Waals surface area contributed by atoms with Crippen molar-refractivity contribution in [2.45, 2.75) is 63.2 Å². The molecule has 0 amide bonds. The molecule has 0 aromatic heterocycles. The molecule has 3 aliphatic rings. The van der Waals surface area contributed by atoms with Crippen LogP contribution in [0.2, 0.25) is 0 Å². The molecule has 37 heavy (non-hydrogen) atoms. The third-order valence-electron chi connectivity index (χ3n) is 7.88. The number of hydrogen-bond acceptors (Lipinski definition) is 7.